The van der Waals surface area contributed by atoms with Crippen LogP contribution in [0.5, 0.6) is 0 Å². The molecule has 0 saturated carbocycles. The van der Waals surface area contributed by atoms with Crippen LogP contribution < -0.4 is 5.48 Å². The third-order valence-corrected chi connectivity index (χ3v) is 2.09. The van der Waals surface area contributed by atoms with E-state index in [9.17, 15) is 4.79 Å². The van der Waals surface area contributed by atoms with Gasteiger partial charge in [0.05, 0.1) is 24.6 Å². The molecule has 86 valence electrons. The van der Waals surface area contributed by atoms with Crippen LogP contribution in [0, 0.1) is 0 Å². The zero-order valence-electron chi connectivity index (χ0n) is 9.04. The van der Waals surface area contributed by atoms with E-state index >= 15 is 0 Å². The number of nitrogens with zero attached hydrogens (tertiary/aromatic N) is 2. The van der Waals surface area contributed by atoms with Gasteiger partial charge in [0.25, 0.3) is 5.91 Å². The van der Waals surface area contributed by atoms with Crippen LogP contribution in [-0.2, 0) is 11.4 Å². The molecule has 5 nitrogen and oxygen atoms in total. The minimum atomic E-state index is -0.337. The van der Waals surface area contributed by atoms with Crippen LogP contribution in [0.1, 0.15) is 15.9 Å². The number of hydrogen-bond acceptors (Lipinski definition) is 4. The van der Waals surface area contributed by atoms with Gasteiger partial charge in [-0.2, -0.15) is 10.2 Å². The topological polar surface area (TPSA) is 64.1 Å². The molecule has 0 aliphatic carbocycles. The number of carbonyl (C=O) groups is 1. The summed E-state index contributed by atoms with van der Waals surface area (Å²) in [4.78, 5) is 16.6. The van der Waals surface area contributed by atoms with E-state index in [0.29, 0.717) is 12.2 Å². The summed E-state index contributed by atoms with van der Waals surface area (Å²) in [5.74, 6) is -0.337. The van der Waals surface area contributed by atoms with Gasteiger partial charge in [-0.15, -0.1) is 0 Å². The fourth-order valence-electron chi connectivity index (χ4n) is 1.24. The molecule has 0 bridgehead atoms. The molecule has 0 unspecified atom stereocenters. The number of hydroxylamine groups is 1. The van der Waals surface area contributed by atoms with Crippen molar-refractivity contribution in [3.05, 3.63) is 59.9 Å². The molecular formula is C12H11N3O2. The summed E-state index contributed by atoms with van der Waals surface area (Å²) in [5, 5.41) is 7.19. The first kappa shape index (κ1) is 11.2. The lowest BCUT2D eigenvalue weighted by Crippen LogP contribution is -2.23. The van der Waals surface area contributed by atoms with Crippen molar-refractivity contribution in [1.29, 1.82) is 0 Å². The smallest absolute Gasteiger partial charge is 0.269 e. The summed E-state index contributed by atoms with van der Waals surface area (Å²) in [6, 6.07) is 11.1. The highest BCUT2D eigenvalue weighted by Gasteiger charge is 2.04. The van der Waals surface area contributed by atoms with Crippen molar-refractivity contribution in [2.75, 3.05) is 0 Å². The molecule has 0 aliphatic heterocycles. The van der Waals surface area contributed by atoms with E-state index in [1.807, 2.05) is 30.3 Å². The summed E-state index contributed by atoms with van der Waals surface area (Å²) in [6.07, 6.45) is 2.83. The quantitative estimate of drug-likeness (QED) is 0.803. The largest absolute Gasteiger partial charge is 0.276 e. The first-order valence-electron chi connectivity index (χ1n) is 5.09. The molecule has 17 heavy (non-hydrogen) atoms. The molecule has 2 aromatic rings. The van der Waals surface area contributed by atoms with E-state index in [2.05, 4.69) is 15.7 Å². The second-order valence-corrected chi connectivity index (χ2v) is 3.34. The van der Waals surface area contributed by atoms with Gasteiger partial charge in [0.1, 0.15) is 0 Å². The standard InChI is InChI=1S/C12H11N3O2/c16-12(11-6-7-13-14-8-11)15-17-9-10-4-2-1-3-5-10/h1-8H,9H2,(H,15,16). The fraction of sp³-hybridized carbons (Fsp3) is 0.0833. The molecule has 1 N–H and O–H groups in total. The molecular weight excluding hydrogens is 218 g/mol. The van der Waals surface area contributed by atoms with Gasteiger partial charge in [0.15, 0.2) is 0 Å². The molecule has 1 amide bonds. The second kappa shape index (κ2) is 5.72. The molecule has 0 saturated heterocycles. The Kier molecular flexibility index (Phi) is 3.77. The summed E-state index contributed by atoms with van der Waals surface area (Å²) in [7, 11) is 0. The van der Waals surface area contributed by atoms with Crippen molar-refractivity contribution < 1.29 is 9.63 Å². The molecule has 2 rings (SSSR count). The van der Waals surface area contributed by atoms with Crippen LogP contribution >= 0.6 is 0 Å². The van der Waals surface area contributed by atoms with Gasteiger partial charge in [-0.05, 0) is 11.6 Å². The number of aromatic nitrogens is 2. The molecule has 0 radical (unpaired) electrons. The van der Waals surface area contributed by atoms with E-state index in [4.69, 9.17) is 4.84 Å². The first-order valence-corrected chi connectivity index (χ1v) is 5.09. The monoisotopic (exact) mass is 229 g/mol. The Balaban J connectivity index is 1.82. The molecule has 0 spiro atoms. The van der Waals surface area contributed by atoms with Crippen LogP contribution in [0.4, 0.5) is 0 Å². The van der Waals surface area contributed by atoms with Crippen molar-refractivity contribution in [2.45, 2.75) is 6.61 Å². The Bertz CT molecular complexity index is 474. The van der Waals surface area contributed by atoms with E-state index in [0.717, 1.165) is 5.56 Å². The third-order valence-electron chi connectivity index (χ3n) is 2.09. The maximum atomic E-state index is 11.5. The average molecular weight is 229 g/mol. The minimum absolute atomic E-state index is 0.324. The minimum Gasteiger partial charge on any atom is -0.269 e. The molecule has 5 heteroatoms. The van der Waals surface area contributed by atoms with E-state index in [1.165, 1.54) is 12.4 Å². The number of nitrogens with one attached hydrogen (secondary N) is 1. The van der Waals surface area contributed by atoms with Gasteiger partial charge in [-0.3, -0.25) is 9.63 Å². The Morgan fingerprint density at radius 1 is 1.18 bits per heavy atom. The van der Waals surface area contributed by atoms with Gasteiger partial charge < -0.3 is 0 Å². The average Bonchev–Trinajstić information content (AvgIpc) is 2.41. The van der Waals surface area contributed by atoms with Crippen LogP contribution in [0.3, 0.4) is 0 Å². The van der Waals surface area contributed by atoms with Gasteiger partial charge in [0.2, 0.25) is 0 Å². The number of hydrogen-bond donors (Lipinski definition) is 1. The van der Waals surface area contributed by atoms with Gasteiger partial charge in [-0.1, -0.05) is 30.3 Å². The maximum Gasteiger partial charge on any atom is 0.276 e. The predicted octanol–water partition coefficient (Wildman–Crippen LogP) is 1.34. The highest BCUT2D eigenvalue weighted by Crippen LogP contribution is 2.00. The summed E-state index contributed by atoms with van der Waals surface area (Å²) >= 11 is 0. The molecule has 0 atom stereocenters. The highest BCUT2D eigenvalue weighted by atomic mass is 16.6. The Labute approximate surface area is 98.4 Å². The van der Waals surface area contributed by atoms with Crippen molar-refractivity contribution in [3.63, 3.8) is 0 Å². The Morgan fingerprint density at radius 3 is 2.71 bits per heavy atom. The van der Waals surface area contributed by atoms with Crippen molar-refractivity contribution in [1.82, 2.24) is 15.7 Å². The lowest BCUT2D eigenvalue weighted by atomic mass is 10.2. The van der Waals surface area contributed by atoms with E-state index < -0.39 is 0 Å². The SMILES string of the molecule is O=C(NOCc1ccccc1)c1ccnnc1. The normalized spacial score (nSPS) is 9.88. The number of amides is 1. The maximum absolute atomic E-state index is 11.5. The lowest BCUT2D eigenvalue weighted by Gasteiger charge is -2.05. The third kappa shape index (κ3) is 3.35. The Morgan fingerprint density at radius 2 is 2.00 bits per heavy atom. The molecule has 0 aliphatic rings. The van der Waals surface area contributed by atoms with E-state index in [1.54, 1.807) is 6.07 Å². The van der Waals surface area contributed by atoms with Crippen LogP contribution in [0.2, 0.25) is 0 Å². The zero-order chi connectivity index (χ0) is 11.9. The predicted molar refractivity (Wildman–Crippen MR) is 60.7 cm³/mol. The lowest BCUT2D eigenvalue weighted by molar-refractivity contribution is 0.0233. The highest BCUT2D eigenvalue weighted by molar-refractivity contribution is 5.92. The second-order valence-electron chi connectivity index (χ2n) is 3.34. The summed E-state index contributed by atoms with van der Waals surface area (Å²) in [5.41, 5.74) is 3.74. The van der Waals surface area contributed by atoms with Gasteiger partial charge in [-0.25, -0.2) is 5.48 Å². The zero-order valence-corrected chi connectivity index (χ0v) is 9.04. The van der Waals surface area contributed by atoms with Crippen LogP contribution in [0.15, 0.2) is 48.8 Å². The fourth-order valence-corrected chi connectivity index (χ4v) is 1.24. The van der Waals surface area contributed by atoms with Crippen LogP contribution in [0.25, 0.3) is 0 Å². The van der Waals surface area contributed by atoms with Gasteiger partial charge >= 0.3 is 0 Å². The molecule has 1 aromatic heterocycles. The number of carbonyl (C=O) groups excluding carboxylic acids is 1. The summed E-state index contributed by atoms with van der Waals surface area (Å²) < 4.78 is 0. The first-order chi connectivity index (χ1) is 8.36. The molecule has 1 aromatic carbocycles. The van der Waals surface area contributed by atoms with Crippen molar-refractivity contribution in [2.24, 2.45) is 0 Å². The van der Waals surface area contributed by atoms with Gasteiger partial charge in [0, 0.05) is 0 Å². The summed E-state index contributed by atoms with van der Waals surface area (Å²) in [6.45, 7) is 0.324. The number of benzene rings is 1. The van der Waals surface area contributed by atoms with Crippen molar-refractivity contribution in [3.8, 4) is 0 Å². The molecule has 1 heterocycles. The van der Waals surface area contributed by atoms with Crippen molar-refractivity contribution >= 4 is 5.91 Å². The Hall–Kier alpha value is -2.27. The number of rotatable bonds is 4. The van der Waals surface area contributed by atoms with E-state index in [-0.39, 0.29) is 5.91 Å². The van der Waals surface area contributed by atoms with Crippen LogP contribution in [-0.4, -0.2) is 16.1 Å². The molecule has 0 fully saturated rings.